The molecule has 0 aliphatic heterocycles. The molecule has 22 heavy (non-hydrogen) atoms. The highest BCUT2D eigenvalue weighted by Gasteiger charge is 2.32. The molecule has 0 aliphatic rings. The van der Waals surface area contributed by atoms with Crippen molar-refractivity contribution in [2.45, 2.75) is 26.7 Å². The van der Waals surface area contributed by atoms with Crippen LogP contribution in [0.2, 0.25) is 5.02 Å². The van der Waals surface area contributed by atoms with E-state index in [4.69, 9.17) is 22.1 Å². The summed E-state index contributed by atoms with van der Waals surface area (Å²) in [7, 11) is 0. The SMILES string of the molecule is CCC(CC)(CN)C(=O)NCCOc1ncccc1Cl.Cl.Cl. The minimum absolute atomic E-state index is 0. The molecule has 1 aromatic rings. The topological polar surface area (TPSA) is 77.2 Å². The second kappa shape index (κ2) is 11.8. The van der Waals surface area contributed by atoms with Gasteiger partial charge in [0.2, 0.25) is 11.8 Å². The minimum atomic E-state index is -0.483. The molecule has 8 heteroatoms. The lowest BCUT2D eigenvalue weighted by Gasteiger charge is -2.28. The molecule has 0 fully saturated rings. The summed E-state index contributed by atoms with van der Waals surface area (Å²) in [4.78, 5) is 16.2. The fraction of sp³-hybridized carbons (Fsp3) is 0.571. The molecule has 0 atom stereocenters. The lowest BCUT2D eigenvalue weighted by molar-refractivity contribution is -0.131. The number of hydrogen-bond acceptors (Lipinski definition) is 4. The number of aromatic nitrogens is 1. The van der Waals surface area contributed by atoms with Crippen molar-refractivity contribution in [3.63, 3.8) is 0 Å². The van der Waals surface area contributed by atoms with Crippen LogP contribution in [0, 0.1) is 5.41 Å². The quantitative estimate of drug-likeness (QED) is 0.688. The van der Waals surface area contributed by atoms with Crippen LogP contribution in [-0.2, 0) is 4.79 Å². The summed E-state index contributed by atoms with van der Waals surface area (Å²) >= 11 is 5.91. The molecule has 1 rings (SSSR count). The predicted molar refractivity (Wildman–Crippen MR) is 94.3 cm³/mol. The van der Waals surface area contributed by atoms with Crippen molar-refractivity contribution >= 4 is 42.3 Å². The van der Waals surface area contributed by atoms with Gasteiger partial charge in [0.1, 0.15) is 11.6 Å². The number of carbonyl (C=O) groups excluding carboxylic acids is 1. The zero-order valence-electron chi connectivity index (χ0n) is 12.8. The first-order valence-electron chi connectivity index (χ1n) is 6.81. The maximum Gasteiger partial charge on any atom is 0.232 e. The van der Waals surface area contributed by atoms with E-state index in [0.29, 0.717) is 30.6 Å². The molecule has 0 bridgehead atoms. The van der Waals surface area contributed by atoms with Gasteiger partial charge in [-0.3, -0.25) is 4.79 Å². The molecule has 0 aliphatic carbocycles. The third-order valence-electron chi connectivity index (χ3n) is 3.58. The van der Waals surface area contributed by atoms with Gasteiger partial charge in [-0.2, -0.15) is 0 Å². The summed E-state index contributed by atoms with van der Waals surface area (Å²) < 4.78 is 5.41. The Morgan fingerprint density at radius 1 is 1.41 bits per heavy atom. The molecule has 1 amide bonds. The molecule has 0 aromatic carbocycles. The molecule has 0 spiro atoms. The summed E-state index contributed by atoms with van der Waals surface area (Å²) in [5.41, 5.74) is 5.24. The van der Waals surface area contributed by atoms with Crippen molar-refractivity contribution in [3.8, 4) is 5.88 Å². The first-order valence-corrected chi connectivity index (χ1v) is 7.19. The monoisotopic (exact) mass is 371 g/mol. The largest absolute Gasteiger partial charge is 0.475 e. The summed E-state index contributed by atoms with van der Waals surface area (Å²) in [6, 6.07) is 3.44. The molecular weight excluding hydrogens is 349 g/mol. The van der Waals surface area contributed by atoms with Crippen LogP contribution < -0.4 is 15.8 Å². The fourth-order valence-electron chi connectivity index (χ4n) is 1.93. The molecule has 3 N–H and O–H groups in total. The fourth-order valence-corrected chi connectivity index (χ4v) is 2.11. The van der Waals surface area contributed by atoms with E-state index in [1.54, 1.807) is 18.3 Å². The minimum Gasteiger partial charge on any atom is -0.475 e. The van der Waals surface area contributed by atoms with Crippen molar-refractivity contribution in [2.75, 3.05) is 19.7 Å². The van der Waals surface area contributed by atoms with E-state index in [0.717, 1.165) is 12.8 Å². The lowest BCUT2D eigenvalue weighted by Crippen LogP contribution is -2.46. The second-order valence-corrected chi connectivity index (χ2v) is 4.99. The highest BCUT2D eigenvalue weighted by molar-refractivity contribution is 6.31. The number of rotatable bonds is 8. The number of nitrogens with zero attached hydrogens (tertiary/aromatic N) is 1. The number of carbonyl (C=O) groups is 1. The van der Waals surface area contributed by atoms with Crippen molar-refractivity contribution in [1.82, 2.24) is 10.3 Å². The number of nitrogens with one attached hydrogen (secondary N) is 1. The Labute approximate surface area is 149 Å². The van der Waals surface area contributed by atoms with Gasteiger partial charge in [-0.25, -0.2) is 4.98 Å². The first-order chi connectivity index (χ1) is 9.59. The standard InChI is InChI=1S/C14H22ClN3O2.2ClH/c1-3-14(4-2,10-16)13(19)18-8-9-20-12-11(15)6-5-7-17-12;;/h5-7H,3-4,8-10,16H2,1-2H3,(H,18,19);2*1H. The van der Waals surface area contributed by atoms with Crippen molar-refractivity contribution < 1.29 is 9.53 Å². The van der Waals surface area contributed by atoms with Crippen LogP contribution in [0.4, 0.5) is 0 Å². The molecule has 5 nitrogen and oxygen atoms in total. The Hall–Kier alpha value is -0.750. The van der Waals surface area contributed by atoms with E-state index in [-0.39, 0.29) is 30.7 Å². The molecule has 128 valence electrons. The Bertz CT molecular complexity index is 435. The van der Waals surface area contributed by atoms with Crippen LogP contribution in [0.1, 0.15) is 26.7 Å². The van der Waals surface area contributed by atoms with Crippen molar-refractivity contribution in [1.29, 1.82) is 0 Å². The van der Waals surface area contributed by atoms with Crippen molar-refractivity contribution in [3.05, 3.63) is 23.4 Å². The maximum absolute atomic E-state index is 12.1. The molecule has 1 aromatic heterocycles. The highest BCUT2D eigenvalue weighted by Crippen LogP contribution is 2.24. The number of halogens is 3. The first kappa shape index (κ1) is 23.5. The Morgan fingerprint density at radius 3 is 2.55 bits per heavy atom. The molecular formula is C14H24Cl3N3O2. The Morgan fingerprint density at radius 2 is 2.05 bits per heavy atom. The van der Waals surface area contributed by atoms with Crippen molar-refractivity contribution in [2.24, 2.45) is 11.1 Å². The van der Waals surface area contributed by atoms with Gasteiger partial charge in [0.05, 0.1) is 12.0 Å². The van der Waals surface area contributed by atoms with Crippen LogP contribution in [-0.4, -0.2) is 30.6 Å². The van der Waals surface area contributed by atoms with Gasteiger partial charge >= 0.3 is 0 Å². The average Bonchev–Trinajstić information content (AvgIpc) is 2.48. The highest BCUT2D eigenvalue weighted by atomic mass is 35.5. The van der Waals surface area contributed by atoms with Gasteiger partial charge in [0.15, 0.2) is 0 Å². The number of amides is 1. The summed E-state index contributed by atoms with van der Waals surface area (Å²) in [6.07, 6.45) is 3.05. The van der Waals surface area contributed by atoms with Gasteiger partial charge in [0.25, 0.3) is 0 Å². The Balaban J connectivity index is 0. The molecule has 0 radical (unpaired) electrons. The molecule has 0 saturated heterocycles. The van der Waals surface area contributed by atoms with E-state index < -0.39 is 5.41 Å². The van der Waals surface area contributed by atoms with Gasteiger partial charge in [-0.05, 0) is 25.0 Å². The van der Waals surface area contributed by atoms with E-state index in [9.17, 15) is 4.79 Å². The van der Waals surface area contributed by atoms with E-state index in [2.05, 4.69) is 10.3 Å². The Kier molecular flexibility index (Phi) is 12.6. The van der Waals surface area contributed by atoms with Crippen LogP contribution >= 0.6 is 36.4 Å². The normalized spacial score (nSPS) is 10.2. The van der Waals surface area contributed by atoms with Crippen LogP contribution in [0.15, 0.2) is 18.3 Å². The van der Waals surface area contributed by atoms with Gasteiger partial charge in [-0.1, -0.05) is 25.4 Å². The van der Waals surface area contributed by atoms with Crippen LogP contribution in [0.25, 0.3) is 0 Å². The van der Waals surface area contributed by atoms with Crippen LogP contribution in [0.3, 0.4) is 0 Å². The second-order valence-electron chi connectivity index (χ2n) is 4.59. The third-order valence-corrected chi connectivity index (χ3v) is 3.86. The van der Waals surface area contributed by atoms with E-state index in [1.807, 2.05) is 13.8 Å². The molecule has 0 saturated carbocycles. The number of ether oxygens (including phenoxy) is 1. The number of nitrogens with two attached hydrogens (primary N) is 1. The maximum atomic E-state index is 12.1. The average molecular weight is 373 g/mol. The number of hydrogen-bond donors (Lipinski definition) is 2. The van der Waals surface area contributed by atoms with E-state index in [1.165, 1.54) is 0 Å². The van der Waals surface area contributed by atoms with Crippen LogP contribution in [0.5, 0.6) is 5.88 Å². The smallest absolute Gasteiger partial charge is 0.232 e. The predicted octanol–water partition coefficient (Wildman–Crippen LogP) is 2.84. The third kappa shape index (κ3) is 6.16. The zero-order valence-corrected chi connectivity index (χ0v) is 15.2. The lowest BCUT2D eigenvalue weighted by atomic mass is 9.81. The van der Waals surface area contributed by atoms with E-state index >= 15 is 0 Å². The molecule has 0 unspecified atom stereocenters. The molecule has 1 heterocycles. The summed E-state index contributed by atoms with van der Waals surface area (Å²) in [5.74, 6) is 0.347. The number of pyridine rings is 1. The summed E-state index contributed by atoms with van der Waals surface area (Å²) in [6.45, 7) is 5.00. The zero-order chi connectivity index (χ0) is 15.0. The van der Waals surface area contributed by atoms with Gasteiger partial charge in [0, 0.05) is 12.7 Å². The summed E-state index contributed by atoms with van der Waals surface area (Å²) in [5, 5.41) is 3.31. The van der Waals surface area contributed by atoms with Gasteiger partial charge < -0.3 is 15.8 Å². The van der Waals surface area contributed by atoms with Gasteiger partial charge in [-0.15, -0.1) is 24.8 Å².